The maximum absolute atomic E-state index is 11.7. The van der Waals surface area contributed by atoms with Crippen molar-refractivity contribution in [3.05, 3.63) is 30.0 Å². The molecule has 9 nitrogen and oxygen atoms in total. The van der Waals surface area contributed by atoms with Gasteiger partial charge in [0.05, 0.1) is 24.9 Å². The number of pyridine rings is 1. The average molecular weight is 424 g/mol. The van der Waals surface area contributed by atoms with Gasteiger partial charge >= 0.3 is 0 Å². The van der Waals surface area contributed by atoms with E-state index < -0.39 is 0 Å². The van der Waals surface area contributed by atoms with Crippen molar-refractivity contribution in [3.8, 4) is 17.7 Å². The summed E-state index contributed by atoms with van der Waals surface area (Å²) in [5, 5.41) is 12.3. The molecule has 1 saturated carbocycles. The number of ether oxygens (including phenoxy) is 1. The van der Waals surface area contributed by atoms with Gasteiger partial charge < -0.3 is 26.0 Å². The molecule has 164 valence electrons. The molecule has 2 heterocycles. The molecule has 9 heteroatoms. The third-order valence-electron chi connectivity index (χ3n) is 4.71. The largest absolute Gasteiger partial charge is 0.481 e. The van der Waals surface area contributed by atoms with Crippen LogP contribution in [0, 0.1) is 11.8 Å². The maximum Gasteiger partial charge on any atom is 0.236 e. The lowest BCUT2D eigenvalue weighted by Crippen LogP contribution is -2.40. The van der Waals surface area contributed by atoms with Crippen LogP contribution in [0.25, 0.3) is 0 Å². The maximum atomic E-state index is 11.7. The molecule has 1 amide bonds. The Morgan fingerprint density at radius 3 is 2.90 bits per heavy atom. The first-order valence-corrected chi connectivity index (χ1v) is 10.4. The van der Waals surface area contributed by atoms with Gasteiger partial charge in [-0.2, -0.15) is 9.97 Å². The first-order chi connectivity index (χ1) is 15.1. The van der Waals surface area contributed by atoms with Crippen LogP contribution < -0.4 is 26.0 Å². The number of likely N-dealkylation sites (N-methyl/N-ethyl adjacent to an activating group) is 1. The molecule has 2 aromatic rings. The van der Waals surface area contributed by atoms with Crippen LogP contribution in [0.15, 0.2) is 24.4 Å². The Hall–Kier alpha value is -3.38. The minimum Gasteiger partial charge on any atom is -0.481 e. The predicted octanol–water partition coefficient (Wildman–Crippen LogP) is 2.05. The van der Waals surface area contributed by atoms with Crippen molar-refractivity contribution in [2.45, 2.75) is 44.7 Å². The highest BCUT2D eigenvalue weighted by atomic mass is 16.5. The van der Waals surface area contributed by atoms with Gasteiger partial charge in [-0.15, -0.1) is 0 Å². The Bertz CT molecular complexity index is 950. The van der Waals surface area contributed by atoms with Crippen molar-refractivity contribution >= 4 is 23.5 Å². The number of hydrogen-bond donors (Lipinski definition) is 4. The molecule has 0 unspecified atom stereocenters. The predicted molar refractivity (Wildman–Crippen MR) is 120 cm³/mol. The highest BCUT2D eigenvalue weighted by Gasteiger charge is 2.22. The summed E-state index contributed by atoms with van der Waals surface area (Å²) in [7, 11) is 3.34. The number of carbonyl (C=O) groups is 1. The van der Waals surface area contributed by atoms with Crippen LogP contribution in [0.2, 0.25) is 0 Å². The zero-order chi connectivity index (χ0) is 22.1. The molecule has 0 aliphatic heterocycles. The summed E-state index contributed by atoms with van der Waals surface area (Å²) in [6, 6.07) is 5.68. The molecule has 1 aliphatic rings. The summed E-state index contributed by atoms with van der Waals surface area (Å²) in [6.07, 6.45) is 5.42. The molecule has 1 fully saturated rings. The average Bonchev–Trinajstić information content (AvgIpc) is 3.60. The summed E-state index contributed by atoms with van der Waals surface area (Å²) in [5.41, 5.74) is 0.754. The fourth-order valence-corrected chi connectivity index (χ4v) is 2.61. The lowest BCUT2D eigenvalue weighted by atomic mass is 10.2. The monoisotopic (exact) mass is 423 g/mol. The van der Waals surface area contributed by atoms with E-state index in [4.69, 9.17) is 4.74 Å². The number of carbonyl (C=O) groups excluding carboxylic acids is 1. The first kappa shape index (κ1) is 22.3. The second-order valence-electron chi connectivity index (χ2n) is 7.27. The molecule has 4 N–H and O–H groups in total. The summed E-state index contributed by atoms with van der Waals surface area (Å²) < 4.78 is 5.15. The Kier molecular flexibility index (Phi) is 8.01. The molecular formula is C22H29N7O2. The Balaban J connectivity index is 1.60. The zero-order valence-corrected chi connectivity index (χ0v) is 18.2. The number of nitrogens with one attached hydrogen (secondary N) is 4. The highest BCUT2D eigenvalue weighted by molar-refractivity contribution is 5.81. The standard InChI is InChI=1S/C22H29N7O2/c1-15(23-2)21(30)24-13-6-4-5-8-16-14-25-22(29-20(16)26-17-11-12-17)28-18-9-7-10-19(27-18)31-3/h7,9-10,14-15,17,23H,4,6,11-13H2,1-3H3,(H,24,30)(H2,25,26,27,28,29)/t15-/m0/s1. The fourth-order valence-electron chi connectivity index (χ4n) is 2.61. The van der Waals surface area contributed by atoms with Crippen molar-refractivity contribution in [2.24, 2.45) is 0 Å². The summed E-state index contributed by atoms with van der Waals surface area (Å²) >= 11 is 0. The SMILES string of the molecule is CN[C@@H](C)C(=O)NCCCC#Cc1cnc(Nc2cccc(OC)n2)nc1NC1CC1. The van der Waals surface area contributed by atoms with E-state index in [0.29, 0.717) is 42.5 Å². The number of hydrogen-bond acceptors (Lipinski definition) is 8. The quantitative estimate of drug-likeness (QED) is 0.339. The lowest BCUT2D eigenvalue weighted by Gasteiger charge is -2.10. The van der Waals surface area contributed by atoms with Crippen LogP contribution in [0.5, 0.6) is 5.88 Å². The summed E-state index contributed by atoms with van der Waals surface area (Å²) in [6.45, 7) is 2.42. The van der Waals surface area contributed by atoms with Gasteiger partial charge in [0.1, 0.15) is 11.6 Å². The van der Waals surface area contributed by atoms with Crippen LogP contribution in [0.3, 0.4) is 0 Å². The topological polar surface area (TPSA) is 113 Å². The summed E-state index contributed by atoms with van der Waals surface area (Å²) in [4.78, 5) is 25.0. The van der Waals surface area contributed by atoms with Crippen LogP contribution in [0.1, 0.15) is 38.2 Å². The second-order valence-corrected chi connectivity index (χ2v) is 7.27. The molecule has 0 radical (unpaired) electrons. The van der Waals surface area contributed by atoms with E-state index in [9.17, 15) is 4.79 Å². The number of amides is 1. The van der Waals surface area contributed by atoms with Crippen LogP contribution >= 0.6 is 0 Å². The van der Waals surface area contributed by atoms with Gasteiger partial charge in [-0.25, -0.2) is 4.98 Å². The minimum atomic E-state index is -0.196. The third-order valence-corrected chi connectivity index (χ3v) is 4.71. The van der Waals surface area contributed by atoms with Gasteiger partial charge in [0.25, 0.3) is 0 Å². The van der Waals surface area contributed by atoms with E-state index in [0.717, 1.165) is 24.8 Å². The lowest BCUT2D eigenvalue weighted by molar-refractivity contribution is -0.122. The summed E-state index contributed by atoms with van der Waals surface area (Å²) in [5.74, 6) is 8.57. The molecule has 0 saturated heterocycles. The molecule has 3 rings (SSSR count). The van der Waals surface area contributed by atoms with Crippen molar-refractivity contribution in [1.29, 1.82) is 0 Å². The number of nitrogens with zero attached hydrogens (tertiary/aromatic N) is 3. The Morgan fingerprint density at radius 2 is 2.16 bits per heavy atom. The molecule has 0 spiro atoms. The molecule has 0 bridgehead atoms. The zero-order valence-electron chi connectivity index (χ0n) is 18.2. The van der Waals surface area contributed by atoms with E-state index >= 15 is 0 Å². The van der Waals surface area contributed by atoms with Gasteiger partial charge in [0.2, 0.25) is 17.7 Å². The van der Waals surface area contributed by atoms with E-state index in [2.05, 4.69) is 48.1 Å². The van der Waals surface area contributed by atoms with Crippen molar-refractivity contribution in [1.82, 2.24) is 25.6 Å². The van der Waals surface area contributed by atoms with Crippen LogP contribution in [-0.4, -0.2) is 53.6 Å². The molecule has 2 aromatic heterocycles. The van der Waals surface area contributed by atoms with Gasteiger partial charge in [-0.3, -0.25) is 4.79 Å². The van der Waals surface area contributed by atoms with Crippen molar-refractivity contribution in [3.63, 3.8) is 0 Å². The molecule has 1 atom stereocenters. The highest BCUT2D eigenvalue weighted by Crippen LogP contribution is 2.26. The van der Waals surface area contributed by atoms with Crippen molar-refractivity contribution in [2.75, 3.05) is 31.3 Å². The van der Waals surface area contributed by atoms with Gasteiger partial charge in [-0.1, -0.05) is 17.9 Å². The van der Waals surface area contributed by atoms with Gasteiger partial charge in [0, 0.05) is 25.1 Å². The minimum absolute atomic E-state index is 0.00612. The third kappa shape index (κ3) is 7.12. The van der Waals surface area contributed by atoms with E-state index in [-0.39, 0.29) is 11.9 Å². The number of rotatable bonds is 10. The number of anilines is 3. The normalized spacial score (nSPS) is 13.5. The van der Waals surface area contributed by atoms with Gasteiger partial charge in [-0.05, 0) is 39.3 Å². The first-order valence-electron chi connectivity index (χ1n) is 10.4. The molecular weight excluding hydrogens is 394 g/mol. The van der Waals surface area contributed by atoms with Crippen LogP contribution in [-0.2, 0) is 4.79 Å². The van der Waals surface area contributed by atoms with Crippen molar-refractivity contribution < 1.29 is 9.53 Å². The number of aromatic nitrogens is 3. The van der Waals surface area contributed by atoms with Crippen LogP contribution in [0.4, 0.5) is 17.6 Å². The fraction of sp³-hybridized carbons (Fsp3) is 0.455. The number of unbranched alkanes of at least 4 members (excludes halogenated alkanes) is 1. The van der Waals surface area contributed by atoms with Gasteiger partial charge in [0.15, 0.2) is 0 Å². The Labute approximate surface area is 182 Å². The molecule has 31 heavy (non-hydrogen) atoms. The van der Waals surface area contributed by atoms with E-state index in [1.165, 1.54) is 0 Å². The Morgan fingerprint density at radius 1 is 1.32 bits per heavy atom. The van der Waals surface area contributed by atoms with E-state index in [1.54, 1.807) is 26.4 Å². The molecule has 0 aromatic carbocycles. The smallest absolute Gasteiger partial charge is 0.236 e. The number of methoxy groups -OCH3 is 1. The molecule has 1 aliphatic carbocycles. The van der Waals surface area contributed by atoms with E-state index in [1.807, 2.05) is 19.1 Å². The second kappa shape index (κ2) is 11.1.